The molecule has 1 aliphatic heterocycles. The fraction of sp³-hybridized carbons (Fsp3) is 0.368. The van der Waals surface area contributed by atoms with Crippen molar-refractivity contribution < 1.29 is 4.79 Å². The van der Waals surface area contributed by atoms with Crippen LogP contribution in [-0.2, 0) is 0 Å². The van der Waals surface area contributed by atoms with Crippen molar-refractivity contribution in [2.24, 2.45) is 0 Å². The highest BCUT2D eigenvalue weighted by molar-refractivity contribution is 5.95. The zero-order valence-corrected chi connectivity index (χ0v) is 14.0. The zero-order valence-electron chi connectivity index (χ0n) is 14.0. The summed E-state index contributed by atoms with van der Waals surface area (Å²) in [7, 11) is 0. The number of benzene rings is 1. The van der Waals surface area contributed by atoms with E-state index < -0.39 is 0 Å². The van der Waals surface area contributed by atoms with E-state index in [4.69, 9.17) is 4.98 Å². The summed E-state index contributed by atoms with van der Waals surface area (Å²) in [6.07, 6.45) is 0. The summed E-state index contributed by atoms with van der Waals surface area (Å²) in [5, 5.41) is 3.27. The summed E-state index contributed by atoms with van der Waals surface area (Å²) in [6.45, 7) is 9.33. The van der Waals surface area contributed by atoms with Gasteiger partial charge in [0.05, 0.1) is 17.0 Å². The summed E-state index contributed by atoms with van der Waals surface area (Å²) in [5.41, 5.74) is 5.98. The first-order valence-electron chi connectivity index (χ1n) is 8.11. The molecule has 0 aliphatic carbocycles. The number of pyridine rings is 1. The Bertz CT molecular complexity index is 733. The minimum Gasteiger partial charge on any atom is -0.336 e. The van der Waals surface area contributed by atoms with Crippen molar-refractivity contribution in [3.8, 4) is 11.3 Å². The maximum atomic E-state index is 12.6. The fourth-order valence-electron chi connectivity index (χ4n) is 2.99. The fourth-order valence-corrected chi connectivity index (χ4v) is 2.99. The number of carbonyl (C=O) groups is 1. The molecule has 1 aromatic carbocycles. The van der Waals surface area contributed by atoms with E-state index >= 15 is 0 Å². The van der Waals surface area contributed by atoms with Crippen LogP contribution in [0.2, 0.25) is 0 Å². The van der Waals surface area contributed by atoms with Crippen LogP contribution in [-0.4, -0.2) is 42.0 Å². The molecule has 1 N–H and O–H groups in total. The van der Waals surface area contributed by atoms with Gasteiger partial charge in [-0.15, -0.1) is 0 Å². The summed E-state index contributed by atoms with van der Waals surface area (Å²) >= 11 is 0. The molecule has 23 heavy (non-hydrogen) atoms. The molecular formula is C19H23N3O. The van der Waals surface area contributed by atoms with Crippen LogP contribution < -0.4 is 5.32 Å². The second-order valence-corrected chi connectivity index (χ2v) is 6.19. The van der Waals surface area contributed by atoms with Gasteiger partial charge in [0, 0.05) is 31.7 Å². The Labute approximate surface area is 137 Å². The van der Waals surface area contributed by atoms with Crippen LogP contribution in [0.4, 0.5) is 0 Å². The average Bonchev–Trinajstić information content (AvgIpc) is 2.57. The van der Waals surface area contributed by atoms with Gasteiger partial charge in [-0.2, -0.15) is 0 Å². The standard InChI is InChI=1S/C19H23N3O/c1-13-4-5-14(2)17(12-13)18-7-6-16(15(3)21-18)19(23)22-10-8-20-9-11-22/h4-7,12,20H,8-11H2,1-3H3. The van der Waals surface area contributed by atoms with Crippen LogP contribution in [0, 0.1) is 20.8 Å². The van der Waals surface area contributed by atoms with Gasteiger partial charge in [-0.1, -0.05) is 17.7 Å². The van der Waals surface area contributed by atoms with Crippen LogP contribution in [0.15, 0.2) is 30.3 Å². The Morgan fingerprint density at radius 1 is 1.09 bits per heavy atom. The molecule has 3 rings (SSSR count). The van der Waals surface area contributed by atoms with E-state index in [2.05, 4.69) is 37.4 Å². The van der Waals surface area contributed by atoms with Crippen molar-refractivity contribution in [3.05, 3.63) is 52.7 Å². The molecule has 0 atom stereocenters. The van der Waals surface area contributed by atoms with E-state index in [9.17, 15) is 4.79 Å². The maximum Gasteiger partial charge on any atom is 0.255 e. The van der Waals surface area contributed by atoms with Gasteiger partial charge in [0.25, 0.3) is 5.91 Å². The minimum absolute atomic E-state index is 0.0871. The second kappa shape index (κ2) is 6.50. The lowest BCUT2D eigenvalue weighted by molar-refractivity contribution is 0.0734. The van der Waals surface area contributed by atoms with Crippen LogP contribution in [0.5, 0.6) is 0 Å². The molecule has 0 unspecified atom stereocenters. The molecule has 1 amide bonds. The summed E-state index contributed by atoms with van der Waals surface area (Å²) in [6, 6.07) is 10.2. The number of nitrogens with one attached hydrogen (secondary N) is 1. The third-order valence-electron chi connectivity index (χ3n) is 4.39. The maximum absolute atomic E-state index is 12.6. The first kappa shape index (κ1) is 15.7. The Balaban J connectivity index is 1.91. The normalized spacial score (nSPS) is 14.8. The zero-order chi connectivity index (χ0) is 16.4. The van der Waals surface area contributed by atoms with Gasteiger partial charge < -0.3 is 10.2 Å². The number of amides is 1. The predicted molar refractivity (Wildman–Crippen MR) is 92.7 cm³/mol. The smallest absolute Gasteiger partial charge is 0.255 e. The first-order chi connectivity index (χ1) is 11.1. The Morgan fingerprint density at radius 2 is 1.83 bits per heavy atom. The van der Waals surface area contributed by atoms with E-state index in [-0.39, 0.29) is 5.91 Å². The quantitative estimate of drug-likeness (QED) is 0.928. The van der Waals surface area contributed by atoms with E-state index in [1.54, 1.807) is 0 Å². The van der Waals surface area contributed by atoms with Crippen LogP contribution in [0.3, 0.4) is 0 Å². The molecule has 1 saturated heterocycles. The van der Waals surface area contributed by atoms with Gasteiger partial charge in [-0.25, -0.2) is 0 Å². The van der Waals surface area contributed by atoms with Crippen molar-refractivity contribution in [1.82, 2.24) is 15.2 Å². The molecule has 1 aromatic heterocycles. The van der Waals surface area contributed by atoms with Crippen molar-refractivity contribution >= 4 is 5.91 Å². The number of hydrogen-bond donors (Lipinski definition) is 1. The molecule has 120 valence electrons. The number of aromatic nitrogens is 1. The molecule has 0 radical (unpaired) electrons. The molecule has 1 aliphatic rings. The largest absolute Gasteiger partial charge is 0.336 e. The third kappa shape index (κ3) is 3.27. The molecule has 0 saturated carbocycles. The van der Waals surface area contributed by atoms with Gasteiger partial charge >= 0.3 is 0 Å². The van der Waals surface area contributed by atoms with Gasteiger partial charge in [-0.05, 0) is 44.5 Å². The Hall–Kier alpha value is -2.20. The summed E-state index contributed by atoms with van der Waals surface area (Å²) < 4.78 is 0. The monoisotopic (exact) mass is 309 g/mol. The Kier molecular flexibility index (Phi) is 4.44. The number of rotatable bonds is 2. The van der Waals surface area contributed by atoms with Gasteiger partial charge in [-0.3, -0.25) is 9.78 Å². The number of nitrogens with zero attached hydrogens (tertiary/aromatic N) is 2. The lowest BCUT2D eigenvalue weighted by atomic mass is 10.0. The molecule has 2 aromatic rings. The van der Waals surface area contributed by atoms with E-state index in [1.807, 2.05) is 24.0 Å². The minimum atomic E-state index is 0.0871. The summed E-state index contributed by atoms with van der Waals surface area (Å²) in [4.78, 5) is 19.2. The first-order valence-corrected chi connectivity index (χ1v) is 8.11. The van der Waals surface area contributed by atoms with Crippen LogP contribution in [0.25, 0.3) is 11.3 Å². The van der Waals surface area contributed by atoms with Crippen molar-refractivity contribution in [3.63, 3.8) is 0 Å². The molecule has 4 heteroatoms. The lowest BCUT2D eigenvalue weighted by Gasteiger charge is -2.27. The number of carbonyl (C=O) groups excluding carboxylic acids is 1. The number of aryl methyl sites for hydroxylation is 3. The highest BCUT2D eigenvalue weighted by Crippen LogP contribution is 2.24. The van der Waals surface area contributed by atoms with Gasteiger partial charge in [0.15, 0.2) is 0 Å². The third-order valence-corrected chi connectivity index (χ3v) is 4.39. The van der Waals surface area contributed by atoms with E-state index in [0.29, 0.717) is 5.56 Å². The average molecular weight is 309 g/mol. The van der Waals surface area contributed by atoms with Crippen LogP contribution in [0.1, 0.15) is 27.2 Å². The van der Waals surface area contributed by atoms with E-state index in [1.165, 1.54) is 11.1 Å². The van der Waals surface area contributed by atoms with Crippen molar-refractivity contribution in [1.29, 1.82) is 0 Å². The number of piperazine rings is 1. The SMILES string of the molecule is Cc1ccc(C)c(-c2ccc(C(=O)N3CCNCC3)c(C)n2)c1. The molecule has 4 nitrogen and oxygen atoms in total. The summed E-state index contributed by atoms with van der Waals surface area (Å²) in [5.74, 6) is 0.0871. The highest BCUT2D eigenvalue weighted by Gasteiger charge is 2.20. The van der Waals surface area contributed by atoms with Crippen LogP contribution >= 0.6 is 0 Å². The highest BCUT2D eigenvalue weighted by atomic mass is 16.2. The topological polar surface area (TPSA) is 45.2 Å². The van der Waals surface area contributed by atoms with Gasteiger partial charge in [0.1, 0.15) is 0 Å². The molecule has 2 heterocycles. The molecule has 1 fully saturated rings. The lowest BCUT2D eigenvalue weighted by Crippen LogP contribution is -2.46. The molecule has 0 spiro atoms. The molecular weight excluding hydrogens is 286 g/mol. The number of hydrogen-bond acceptors (Lipinski definition) is 3. The van der Waals surface area contributed by atoms with Crippen molar-refractivity contribution in [2.75, 3.05) is 26.2 Å². The van der Waals surface area contributed by atoms with Gasteiger partial charge in [0.2, 0.25) is 0 Å². The second-order valence-electron chi connectivity index (χ2n) is 6.19. The van der Waals surface area contributed by atoms with Crippen molar-refractivity contribution in [2.45, 2.75) is 20.8 Å². The Morgan fingerprint density at radius 3 is 2.52 bits per heavy atom. The molecule has 0 bridgehead atoms. The van der Waals surface area contributed by atoms with E-state index in [0.717, 1.165) is 43.1 Å². The predicted octanol–water partition coefficient (Wildman–Crippen LogP) is 2.72.